The Morgan fingerprint density at radius 2 is 2.04 bits per heavy atom. The van der Waals surface area contributed by atoms with E-state index in [0.29, 0.717) is 21.5 Å². The Labute approximate surface area is 145 Å². The molecule has 0 unspecified atom stereocenters. The maximum absolute atomic E-state index is 12.1. The van der Waals surface area contributed by atoms with E-state index in [0.717, 1.165) is 11.3 Å². The van der Waals surface area contributed by atoms with Gasteiger partial charge in [0.25, 0.3) is 5.91 Å². The number of hydrogen-bond acceptors (Lipinski definition) is 5. The van der Waals surface area contributed by atoms with Crippen molar-refractivity contribution in [3.05, 3.63) is 64.2 Å². The van der Waals surface area contributed by atoms with Crippen LogP contribution in [0.4, 0.5) is 5.82 Å². The van der Waals surface area contributed by atoms with Gasteiger partial charge in [-0.3, -0.25) is 4.79 Å². The SMILES string of the molecule is O=C(Nc1ccc2ncc(-c3ccccc3Cl)n2n1)c1nccs1. The molecule has 0 atom stereocenters. The number of thiazole rings is 1. The molecule has 0 saturated carbocycles. The summed E-state index contributed by atoms with van der Waals surface area (Å²) in [7, 11) is 0. The molecule has 4 rings (SSSR count). The minimum absolute atomic E-state index is 0.295. The third kappa shape index (κ3) is 2.64. The second kappa shape index (κ2) is 6.03. The number of nitrogens with zero attached hydrogens (tertiary/aromatic N) is 4. The molecule has 0 radical (unpaired) electrons. The summed E-state index contributed by atoms with van der Waals surface area (Å²) in [6, 6.07) is 10.9. The molecule has 1 amide bonds. The van der Waals surface area contributed by atoms with Gasteiger partial charge in [-0.15, -0.1) is 16.4 Å². The third-order valence-corrected chi connectivity index (χ3v) is 4.48. The van der Waals surface area contributed by atoms with Crippen molar-refractivity contribution in [2.45, 2.75) is 0 Å². The number of aromatic nitrogens is 4. The average Bonchev–Trinajstić information content (AvgIpc) is 3.25. The van der Waals surface area contributed by atoms with Gasteiger partial charge >= 0.3 is 0 Å². The number of fused-ring (bicyclic) bond motifs is 1. The van der Waals surface area contributed by atoms with Gasteiger partial charge in [0, 0.05) is 17.1 Å². The molecule has 24 heavy (non-hydrogen) atoms. The van der Waals surface area contributed by atoms with Crippen molar-refractivity contribution >= 4 is 40.3 Å². The van der Waals surface area contributed by atoms with Gasteiger partial charge in [0.1, 0.15) is 0 Å². The Morgan fingerprint density at radius 3 is 2.83 bits per heavy atom. The topological polar surface area (TPSA) is 72.2 Å². The van der Waals surface area contributed by atoms with Crippen LogP contribution in [0.5, 0.6) is 0 Å². The smallest absolute Gasteiger partial charge is 0.285 e. The second-order valence-corrected chi connectivity index (χ2v) is 6.21. The predicted molar refractivity (Wildman–Crippen MR) is 93.5 cm³/mol. The highest BCUT2D eigenvalue weighted by Crippen LogP contribution is 2.27. The van der Waals surface area contributed by atoms with E-state index in [1.165, 1.54) is 11.3 Å². The Morgan fingerprint density at radius 1 is 1.17 bits per heavy atom. The van der Waals surface area contributed by atoms with E-state index in [-0.39, 0.29) is 5.91 Å². The molecular formula is C16H10ClN5OS. The number of anilines is 1. The Hall–Kier alpha value is -2.77. The first-order valence-corrected chi connectivity index (χ1v) is 8.29. The van der Waals surface area contributed by atoms with Crippen LogP contribution in [0.2, 0.25) is 5.02 Å². The maximum Gasteiger partial charge on any atom is 0.285 e. The van der Waals surface area contributed by atoms with E-state index in [1.54, 1.807) is 34.4 Å². The van der Waals surface area contributed by atoms with Gasteiger partial charge < -0.3 is 5.32 Å². The van der Waals surface area contributed by atoms with Crippen molar-refractivity contribution in [3.8, 4) is 11.3 Å². The molecular weight excluding hydrogens is 346 g/mol. The molecule has 1 N–H and O–H groups in total. The standard InChI is InChI=1S/C16H10ClN5OS/c17-11-4-2-1-3-10(11)12-9-19-14-6-5-13(21-22(12)14)20-15(23)16-18-7-8-24-16/h1-9H,(H,20,21,23). The average molecular weight is 356 g/mol. The lowest BCUT2D eigenvalue weighted by atomic mass is 10.2. The zero-order chi connectivity index (χ0) is 16.5. The van der Waals surface area contributed by atoms with Gasteiger partial charge in [-0.25, -0.2) is 14.5 Å². The number of rotatable bonds is 3. The largest absolute Gasteiger partial charge is 0.303 e. The fourth-order valence-corrected chi connectivity index (χ4v) is 3.06. The maximum atomic E-state index is 12.1. The summed E-state index contributed by atoms with van der Waals surface area (Å²) in [4.78, 5) is 20.4. The number of hydrogen-bond donors (Lipinski definition) is 1. The summed E-state index contributed by atoms with van der Waals surface area (Å²) in [5.41, 5.74) is 2.24. The second-order valence-electron chi connectivity index (χ2n) is 4.90. The normalized spacial score (nSPS) is 10.9. The van der Waals surface area contributed by atoms with E-state index in [4.69, 9.17) is 11.6 Å². The van der Waals surface area contributed by atoms with Crippen LogP contribution >= 0.6 is 22.9 Å². The number of amides is 1. The monoisotopic (exact) mass is 355 g/mol. The minimum atomic E-state index is -0.295. The van der Waals surface area contributed by atoms with E-state index >= 15 is 0 Å². The van der Waals surface area contributed by atoms with Crippen LogP contribution in [0, 0.1) is 0 Å². The number of benzene rings is 1. The Bertz CT molecular complexity index is 1030. The van der Waals surface area contributed by atoms with Gasteiger partial charge in [-0.2, -0.15) is 0 Å². The van der Waals surface area contributed by atoms with Gasteiger partial charge in [-0.05, 0) is 18.2 Å². The van der Waals surface area contributed by atoms with Crippen molar-refractivity contribution < 1.29 is 4.79 Å². The van der Waals surface area contributed by atoms with Crippen LogP contribution in [0.1, 0.15) is 9.80 Å². The quantitative estimate of drug-likeness (QED) is 0.607. The molecule has 0 aliphatic heterocycles. The summed E-state index contributed by atoms with van der Waals surface area (Å²) < 4.78 is 1.65. The summed E-state index contributed by atoms with van der Waals surface area (Å²) in [5.74, 6) is 0.116. The number of carbonyl (C=O) groups is 1. The van der Waals surface area contributed by atoms with Crippen molar-refractivity contribution in [2.75, 3.05) is 5.32 Å². The molecule has 0 fully saturated rings. The first-order chi connectivity index (χ1) is 11.7. The number of halogens is 1. The Kier molecular flexibility index (Phi) is 3.72. The third-order valence-electron chi connectivity index (χ3n) is 3.38. The molecule has 8 heteroatoms. The van der Waals surface area contributed by atoms with Crippen LogP contribution in [-0.2, 0) is 0 Å². The Balaban J connectivity index is 1.74. The number of nitrogens with one attached hydrogen (secondary N) is 1. The van der Waals surface area contributed by atoms with Gasteiger partial charge in [0.05, 0.1) is 16.9 Å². The summed E-state index contributed by atoms with van der Waals surface area (Å²) in [6.07, 6.45) is 3.29. The first-order valence-electron chi connectivity index (χ1n) is 7.03. The predicted octanol–water partition coefficient (Wildman–Crippen LogP) is 3.76. The van der Waals surface area contributed by atoms with Crippen LogP contribution < -0.4 is 5.32 Å². The van der Waals surface area contributed by atoms with Crippen LogP contribution in [0.15, 0.2) is 54.2 Å². The van der Waals surface area contributed by atoms with Crippen LogP contribution in [0.25, 0.3) is 16.9 Å². The molecule has 118 valence electrons. The zero-order valence-electron chi connectivity index (χ0n) is 12.2. The van der Waals surface area contributed by atoms with Crippen LogP contribution in [0.3, 0.4) is 0 Å². The minimum Gasteiger partial charge on any atom is -0.303 e. The molecule has 0 aliphatic carbocycles. The fourth-order valence-electron chi connectivity index (χ4n) is 2.30. The molecule has 0 aliphatic rings. The fraction of sp³-hybridized carbons (Fsp3) is 0. The molecule has 0 bridgehead atoms. The lowest BCUT2D eigenvalue weighted by molar-refractivity contribution is 0.102. The van der Waals surface area contributed by atoms with Crippen molar-refractivity contribution in [3.63, 3.8) is 0 Å². The molecule has 0 saturated heterocycles. The van der Waals surface area contributed by atoms with Crippen LogP contribution in [-0.4, -0.2) is 25.5 Å². The molecule has 0 spiro atoms. The van der Waals surface area contributed by atoms with Gasteiger partial charge in [0.15, 0.2) is 16.5 Å². The number of imidazole rings is 1. The molecule has 3 heterocycles. The van der Waals surface area contributed by atoms with Gasteiger partial charge in [-0.1, -0.05) is 29.8 Å². The summed E-state index contributed by atoms with van der Waals surface area (Å²) >= 11 is 7.53. The van der Waals surface area contributed by atoms with Crippen molar-refractivity contribution in [1.82, 2.24) is 19.6 Å². The molecule has 1 aromatic carbocycles. The molecule has 3 aromatic heterocycles. The first kappa shape index (κ1) is 14.8. The summed E-state index contributed by atoms with van der Waals surface area (Å²) in [5, 5.41) is 9.92. The highest BCUT2D eigenvalue weighted by molar-refractivity contribution is 7.11. The zero-order valence-corrected chi connectivity index (χ0v) is 13.8. The van der Waals surface area contributed by atoms with Crippen molar-refractivity contribution in [1.29, 1.82) is 0 Å². The lowest BCUT2D eigenvalue weighted by Crippen LogP contribution is -2.13. The van der Waals surface area contributed by atoms with Crippen molar-refractivity contribution in [2.24, 2.45) is 0 Å². The van der Waals surface area contributed by atoms with E-state index in [1.807, 2.05) is 24.3 Å². The highest BCUT2D eigenvalue weighted by atomic mass is 35.5. The van der Waals surface area contributed by atoms with E-state index in [9.17, 15) is 4.79 Å². The lowest BCUT2D eigenvalue weighted by Gasteiger charge is -2.06. The van der Waals surface area contributed by atoms with E-state index < -0.39 is 0 Å². The van der Waals surface area contributed by atoms with Gasteiger partial charge in [0.2, 0.25) is 0 Å². The summed E-state index contributed by atoms with van der Waals surface area (Å²) in [6.45, 7) is 0. The molecule has 4 aromatic rings. The molecule has 6 nitrogen and oxygen atoms in total. The van der Waals surface area contributed by atoms with E-state index in [2.05, 4.69) is 20.4 Å². The highest BCUT2D eigenvalue weighted by Gasteiger charge is 2.13. The number of carbonyl (C=O) groups excluding carboxylic acids is 1.